The van der Waals surface area contributed by atoms with E-state index in [2.05, 4.69) is 25.8 Å². The summed E-state index contributed by atoms with van der Waals surface area (Å²) in [5.74, 6) is 1.89. The molecule has 4 aromatic rings. The van der Waals surface area contributed by atoms with Crippen LogP contribution in [0.3, 0.4) is 0 Å². The summed E-state index contributed by atoms with van der Waals surface area (Å²) in [5, 5.41) is 3.71. The van der Waals surface area contributed by atoms with E-state index in [-0.39, 0.29) is 11.8 Å². The van der Waals surface area contributed by atoms with Crippen LogP contribution < -0.4 is 10.2 Å². The first-order chi connectivity index (χ1) is 15.6. The summed E-state index contributed by atoms with van der Waals surface area (Å²) < 4.78 is 2.09. The van der Waals surface area contributed by atoms with Crippen molar-refractivity contribution in [2.45, 2.75) is 12.8 Å². The highest BCUT2D eigenvalue weighted by Gasteiger charge is 2.25. The zero-order valence-electron chi connectivity index (χ0n) is 17.8. The van der Waals surface area contributed by atoms with Gasteiger partial charge in [-0.3, -0.25) is 4.79 Å². The Hall–Kier alpha value is -3.38. The molecular weight excluding hydrogens is 422 g/mol. The number of anilines is 2. The molecule has 1 aliphatic heterocycles. The minimum absolute atomic E-state index is 0.00179. The molecule has 1 aliphatic rings. The van der Waals surface area contributed by atoms with Crippen molar-refractivity contribution >= 4 is 40.0 Å². The fourth-order valence-electron chi connectivity index (χ4n) is 4.28. The molecule has 162 valence electrons. The molecule has 0 atom stereocenters. The molecule has 0 bridgehead atoms. The first kappa shape index (κ1) is 20.5. The second-order valence-electron chi connectivity index (χ2n) is 8.15. The van der Waals surface area contributed by atoms with Gasteiger partial charge in [0.1, 0.15) is 11.6 Å². The van der Waals surface area contributed by atoms with E-state index < -0.39 is 0 Å². The number of fused-ring (bicyclic) bond motifs is 1. The van der Waals surface area contributed by atoms with E-state index in [0.717, 1.165) is 59.9 Å². The highest BCUT2D eigenvalue weighted by molar-refractivity contribution is 6.30. The van der Waals surface area contributed by atoms with E-state index in [0.29, 0.717) is 5.02 Å². The van der Waals surface area contributed by atoms with Crippen LogP contribution in [-0.2, 0) is 11.8 Å². The highest BCUT2D eigenvalue weighted by Crippen LogP contribution is 2.26. The molecule has 0 radical (unpaired) electrons. The predicted octanol–water partition coefficient (Wildman–Crippen LogP) is 5.14. The Morgan fingerprint density at radius 2 is 1.78 bits per heavy atom. The van der Waals surface area contributed by atoms with Crippen molar-refractivity contribution in [2.75, 3.05) is 23.3 Å². The Morgan fingerprint density at radius 1 is 1.03 bits per heavy atom. The average molecular weight is 446 g/mol. The summed E-state index contributed by atoms with van der Waals surface area (Å²) in [5.41, 5.74) is 3.90. The number of halogens is 1. The number of piperidine rings is 1. The van der Waals surface area contributed by atoms with Gasteiger partial charge in [0.15, 0.2) is 0 Å². The number of nitrogens with zero attached hydrogens (tertiary/aromatic N) is 4. The Morgan fingerprint density at radius 3 is 2.47 bits per heavy atom. The molecule has 2 aromatic carbocycles. The third-order valence-electron chi connectivity index (χ3n) is 6.10. The minimum atomic E-state index is -0.00179. The number of carbonyl (C=O) groups excluding carboxylic acids is 1. The van der Waals surface area contributed by atoms with Crippen LogP contribution in [0.25, 0.3) is 22.4 Å². The monoisotopic (exact) mass is 445 g/mol. The second-order valence-corrected chi connectivity index (χ2v) is 8.58. The number of benzene rings is 2. The van der Waals surface area contributed by atoms with Gasteiger partial charge in [0, 0.05) is 43.5 Å². The topological polar surface area (TPSA) is 63.1 Å². The lowest BCUT2D eigenvalue weighted by Gasteiger charge is -2.32. The number of carbonyl (C=O) groups is 1. The summed E-state index contributed by atoms with van der Waals surface area (Å²) in [6, 6.07) is 19.8. The summed E-state index contributed by atoms with van der Waals surface area (Å²) in [4.78, 5) is 24.1. The number of aryl methyl sites for hydroxylation is 1. The third kappa shape index (κ3) is 4.06. The Bertz CT molecular complexity index is 1240. The van der Waals surface area contributed by atoms with Crippen molar-refractivity contribution in [3.63, 3.8) is 0 Å². The number of nitrogens with one attached hydrogen (secondary N) is 1. The van der Waals surface area contributed by atoms with Gasteiger partial charge >= 0.3 is 0 Å². The van der Waals surface area contributed by atoms with Crippen molar-refractivity contribution < 1.29 is 4.79 Å². The molecule has 3 heterocycles. The van der Waals surface area contributed by atoms with Gasteiger partial charge in [-0.15, -0.1) is 0 Å². The van der Waals surface area contributed by atoms with E-state index in [1.165, 1.54) is 0 Å². The second kappa shape index (κ2) is 8.63. The number of pyridine rings is 1. The third-order valence-corrected chi connectivity index (χ3v) is 6.32. The molecule has 1 fully saturated rings. The van der Waals surface area contributed by atoms with E-state index in [1.807, 2.05) is 61.6 Å². The maximum absolute atomic E-state index is 12.8. The van der Waals surface area contributed by atoms with Crippen LogP contribution in [-0.4, -0.2) is 33.5 Å². The fraction of sp³-hybridized carbons (Fsp3) is 0.240. The molecule has 0 unspecified atom stereocenters. The zero-order valence-corrected chi connectivity index (χ0v) is 18.6. The normalized spacial score (nSPS) is 14.6. The first-order valence-corrected chi connectivity index (χ1v) is 11.2. The van der Waals surface area contributed by atoms with Gasteiger partial charge in [0.05, 0.1) is 16.1 Å². The number of para-hydroxylation sites is 2. The Balaban J connectivity index is 1.21. The van der Waals surface area contributed by atoms with Crippen LogP contribution in [0.1, 0.15) is 12.8 Å². The van der Waals surface area contributed by atoms with Crippen LogP contribution in [0, 0.1) is 5.92 Å². The summed E-state index contributed by atoms with van der Waals surface area (Å²) in [7, 11) is 2.02. The standard InChI is InChI=1S/C25H24ClN5O/c1-30-22-5-3-2-4-21(22)29-24(30)17-6-9-20(10-7-17)28-25(32)18-12-14-31(15-13-18)23-11-8-19(26)16-27-23/h2-11,16,18H,12-15H2,1H3,(H,28,32). The maximum Gasteiger partial charge on any atom is 0.227 e. The highest BCUT2D eigenvalue weighted by atomic mass is 35.5. The molecule has 0 aliphatic carbocycles. The maximum atomic E-state index is 12.8. The number of imidazole rings is 1. The fourth-order valence-corrected chi connectivity index (χ4v) is 4.39. The number of hydrogen-bond donors (Lipinski definition) is 1. The van der Waals surface area contributed by atoms with Crippen molar-refractivity contribution in [1.29, 1.82) is 0 Å². The molecule has 5 rings (SSSR count). The summed E-state index contributed by atoms with van der Waals surface area (Å²) in [6.07, 6.45) is 3.26. The van der Waals surface area contributed by atoms with Crippen molar-refractivity contribution in [1.82, 2.24) is 14.5 Å². The van der Waals surface area contributed by atoms with Crippen LogP contribution in [0.2, 0.25) is 5.02 Å². The van der Waals surface area contributed by atoms with Crippen LogP contribution in [0.15, 0.2) is 66.9 Å². The van der Waals surface area contributed by atoms with Crippen molar-refractivity contribution in [3.05, 3.63) is 71.9 Å². The largest absolute Gasteiger partial charge is 0.357 e. The lowest BCUT2D eigenvalue weighted by Crippen LogP contribution is -2.38. The van der Waals surface area contributed by atoms with Gasteiger partial charge < -0.3 is 14.8 Å². The van der Waals surface area contributed by atoms with Gasteiger partial charge in [-0.05, 0) is 61.4 Å². The van der Waals surface area contributed by atoms with E-state index >= 15 is 0 Å². The Labute approximate surface area is 191 Å². The van der Waals surface area contributed by atoms with Crippen LogP contribution in [0.4, 0.5) is 11.5 Å². The number of hydrogen-bond acceptors (Lipinski definition) is 4. The van der Waals surface area contributed by atoms with E-state index in [4.69, 9.17) is 16.6 Å². The van der Waals surface area contributed by atoms with E-state index in [1.54, 1.807) is 6.20 Å². The Kier molecular flexibility index (Phi) is 5.53. The van der Waals surface area contributed by atoms with Gasteiger partial charge in [0.25, 0.3) is 0 Å². The van der Waals surface area contributed by atoms with Crippen molar-refractivity contribution in [3.8, 4) is 11.4 Å². The quantitative estimate of drug-likeness (QED) is 0.472. The summed E-state index contributed by atoms with van der Waals surface area (Å²) >= 11 is 5.92. The SMILES string of the molecule is Cn1c(-c2ccc(NC(=O)C3CCN(c4ccc(Cl)cn4)CC3)cc2)nc2ccccc21. The van der Waals surface area contributed by atoms with Gasteiger partial charge in [0.2, 0.25) is 5.91 Å². The molecule has 2 aromatic heterocycles. The van der Waals surface area contributed by atoms with E-state index in [9.17, 15) is 4.79 Å². The zero-order chi connectivity index (χ0) is 22.1. The lowest BCUT2D eigenvalue weighted by atomic mass is 9.95. The smallest absolute Gasteiger partial charge is 0.227 e. The number of aromatic nitrogens is 3. The molecule has 32 heavy (non-hydrogen) atoms. The van der Waals surface area contributed by atoms with Gasteiger partial charge in [-0.2, -0.15) is 0 Å². The summed E-state index contributed by atoms with van der Waals surface area (Å²) in [6.45, 7) is 1.61. The first-order valence-electron chi connectivity index (χ1n) is 10.8. The average Bonchev–Trinajstić information content (AvgIpc) is 3.17. The molecule has 1 N–H and O–H groups in total. The molecule has 7 heteroatoms. The molecule has 0 spiro atoms. The lowest BCUT2D eigenvalue weighted by molar-refractivity contribution is -0.120. The molecule has 1 amide bonds. The number of rotatable bonds is 4. The van der Waals surface area contributed by atoms with Crippen molar-refractivity contribution in [2.24, 2.45) is 13.0 Å². The molecule has 0 saturated carbocycles. The van der Waals surface area contributed by atoms with Gasteiger partial charge in [-0.25, -0.2) is 9.97 Å². The minimum Gasteiger partial charge on any atom is -0.357 e. The van der Waals surface area contributed by atoms with Gasteiger partial charge in [-0.1, -0.05) is 23.7 Å². The predicted molar refractivity (Wildman–Crippen MR) is 129 cm³/mol. The van der Waals surface area contributed by atoms with Crippen LogP contribution in [0.5, 0.6) is 0 Å². The molecule has 1 saturated heterocycles. The number of amides is 1. The molecule has 6 nitrogen and oxygen atoms in total. The molecular formula is C25H24ClN5O. The van der Waals surface area contributed by atoms with Crippen LogP contribution >= 0.6 is 11.6 Å².